The van der Waals surface area contributed by atoms with Gasteiger partial charge in [-0.15, -0.1) is 0 Å². The SMILES string of the molecule is Cc1nn([C@H]2CCS(=O)(=O)C2)c(C)c1/C=N\Nc1cc(C)c2cccc(C)c2n1. The van der Waals surface area contributed by atoms with Gasteiger partial charge in [-0.2, -0.15) is 10.2 Å². The number of hydrogen-bond donors (Lipinski definition) is 1. The lowest BCUT2D eigenvalue weighted by atomic mass is 10.1. The van der Waals surface area contributed by atoms with Crippen molar-refractivity contribution < 1.29 is 8.42 Å². The maximum atomic E-state index is 11.8. The molecule has 1 atom stereocenters. The predicted molar refractivity (Wildman–Crippen MR) is 116 cm³/mol. The van der Waals surface area contributed by atoms with E-state index in [1.807, 2.05) is 43.7 Å². The Hall–Kier alpha value is -2.74. The minimum absolute atomic E-state index is 0.0958. The molecule has 7 nitrogen and oxygen atoms in total. The molecule has 0 aliphatic carbocycles. The molecule has 8 heteroatoms. The summed E-state index contributed by atoms with van der Waals surface area (Å²) in [5.41, 5.74) is 8.90. The Labute approximate surface area is 170 Å². The molecule has 152 valence electrons. The van der Waals surface area contributed by atoms with Crippen LogP contribution in [0.3, 0.4) is 0 Å². The summed E-state index contributed by atoms with van der Waals surface area (Å²) in [6.45, 7) is 7.97. The second-order valence-corrected chi connectivity index (χ2v) is 9.98. The van der Waals surface area contributed by atoms with Crippen molar-refractivity contribution >= 4 is 32.8 Å². The first kappa shape index (κ1) is 19.6. The molecule has 1 aliphatic rings. The minimum atomic E-state index is -2.96. The van der Waals surface area contributed by atoms with E-state index in [1.54, 1.807) is 6.21 Å². The molecule has 4 rings (SSSR count). The van der Waals surface area contributed by atoms with Gasteiger partial charge in [0.05, 0.1) is 35.0 Å². The van der Waals surface area contributed by atoms with Gasteiger partial charge in [0.1, 0.15) is 5.82 Å². The van der Waals surface area contributed by atoms with Gasteiger partial charge in [-0.25, -0.2) is 13.4 Å². The monoisotopic (exact) mass is 411 g/mol. The van der Waals surface area contributed by atoms with Gasteiger partial charge in [0, 0.05) is 16.6 Å². The van der Waals surface area contributed by atoms with Crippen LogP contribution < -0.4 is 5.43 Å². The number of hydrazone groups is 1. The molecular formula is C21H25N5O2S. The van der Waals surface area contributed by atoms with E-state index < -0.39 is 9.84 Å². The number of rotatable bonds is 4. The largest absolute Gasteiger partial charge is 0.265 e. The number of fused-ring (bicyclic) bond motifs is 1. The number of aromatic nitrogens is 3. The van der Waals surface area contributed by atoms with Crippen molar-refractivity contribution in [1.82, 2.24) is 14.8 Å². The molecule has 3 aromatic rings. The average molecular weight is 412 g/mol. The lowest BCUT2D eigenvalue weighted by Crippen LogP contribution is -2.14. The van der Waals surface area contributed by atoms with Crippen LogP contribution in [0.25, 0.3) is 10.9 Å². The molecule has 0 radical (unpaired) electrons. The highest BCUT2D eigenvalue weighted by Crippen LogP contribution is 2.26. The van der Waals surface area contributed by atoms with E-state index in [9.17, 15) is 8.42 Å². The maximum absolute atomic E-state index is 11.8. The average Bonchev–Trinajstić information content (AvgIpc) is 3.16. The Morgan fingerprint density at radius 3 is 2.72 bits per heavy atom. The van der Waals surface area contributed by atoms with Crippen LogP contribution in [-0.4, -0.2) is 40.9 Å². The van der Waals surface area contributed by atoms with Crippen molar-refractivity contribution in [3.63, 3.8) is 0 Å². The third-order valence-corrected chi connectivity index (χ3v) is 7.31. The Balaban J connectivity index is 1.58. The summed E-state index contributed by atoms with van der Waals surface area (Å²) in [5.74, 6) is 1.07. The Morgan fingerprint density at radius 1 is 1.21 bits per heavy atom. The lowest BCUT2D eigenvalue weighted by Gasteiger charge is -2.10. The molecule has 3 heterocycles. The third-order valence-electron chi connectivity index (χ3n) is 5.56. The van der Waals surface area contributed by atoms with Crippen LogP contribution in [0.2, 0.25) is 0 Å². The smallest absolute Gasteiger partial charge is 0.152 e. The lowest BCUT2D eigenvalue weighted by molar-refractivity contribution is 0.486. The quantitative estimate of drug-likeness (QED) is 0.524. The van der Waals surface area contributed by atoms with Crippen LogP contribution >= 0.6 is 0 Å². The number of anilines is 1. The van der Waals surface area contributed by atoms with Gasteiger partial charge < -0.3 is 0 Å². The van der Waals surface area contributed by atoms with E-state index in [0.29, 0.717) is 12.2 Å². The standard InChI is InChI=1S/C21H25N5O2S/c1-13-6-5-7-18-14(2)10-20(23-21(13)18)24-22-11-19-15(3)25-26(16(19)4)17-8-9-29(27,28)12-17/h5-7,10-11,17H,8-9,12H2,1-4H3,(H,23,24)/b22-11-/t17-/m0/s1. The number of hydrogen-bond acceptors (Lipinski definition) is 6. The van der Waals surface area contributed by atoms with E-state index >= 15 is 0 Å². The van der Waals surface area contributed by atoms with Gasteiger partial charge in [0.25, 0.3) is 0 Å². The first-order valence-corrected chi connectivity index (χ1v) is 11.5. The van der Waals surface area contributed by atoms with Crippen LogP contribution in [0.1, 0.15) is 40.5 Å². The highest BCUT2D eigenvalue weighted by molar-refractivity contribution is 7.91. The summed E-state index contributed by atoms with van der Waals surface area (Å²) >= 11 is 0. The maximum Gasteiger partial charge on any atom is 0.152 e. The highest BCUT2D eigenvalue weighted by atomic mass is 32.2. The Morgan fingerprint density at radius 2 is 2.00 bits per heavy atom. The predicted octanol–water partition coefficient (Wildman–Crippen LogP) is 3.47. The zero-order valence-electron chi connectivity index (χ0n) is 17.1. The topological polar surface area (TPSA) is 89.2 Å². The van der Waals surface area contributed by atoms with Crippen LogP contribution in [0.4, 0.5) is 5.82 Å². The normalized spacial score (nSPS) is 18.7. The molecule has 1 saturated heterocycles. The van der Waals surface area contributed by atoms with Crippen LogP contribution in [0, 0.1) is 27.7 Å². The number of para-hydroxylation sites is 1. The molecule has 1 aliphatic heterocycles. The van der Waals surface area contributed by atoms with Crippen LogP contribution in [0.5, 0.6) is 0 Å². The number of aryl methyl sites for hydroxylation is 3. The fourth-order valence-corrected chi connectivity index (χ4v) is 5.66. The van der Waals surface area contributed by atoms with E-state index in [4.69, 9.17) is 0 Å². The summed E-state index contributed by atoms with van der Waals surface area (Å²) in [5, 5.41) is 10.1. The summed E-state index contributed by atoms with van der Waals surface area (Å²) in [6, 6.07) is 8.04. The Bertz CT molecular complexity index is 1230. The van der Waals surface area contributed by atoms with Crippen molar-refractivity contribution in [3.05, 3.63) is 52.3 Å². The second kappa shape index (κ2) is 7.26. The molecule has 0 unspecified atom stereocenters. The summed E-state index contributed by atoms with van der Waals surface area (Å²) < 4.78 is 25.4. The second-order valence-electron chi connectivity index (χ2n) is 7.75. The number of pyridine rings is 1. The molecule has 0 bridgehead atoms. The zero-order valence-corrected chi connectivity index (χ0v) is 17.9. The molecule has 2 aromatic heterocycles. The van der Waals surface area contributed by atoms with Gasteiger partial charge in [0.15, 0.2) is 9.84 Å². The number of benzene rings is 1. The van der Waals surface area contributed by atoms with Crippen molar-refractivity contribution in [1.29, 1.82) is 0 Å². The van der Waals surface area contributed by atoms with E-state index in [0.717, 1.165) is 39.0 Å². The van der Waals surface area contributed by atoms with Gasteiger partial charge >= 0.3 is 0 Å². The van der Waals surface area contributed by atoms with Gasteiger partial charge in [-0.05, 0) is 51.3 Å². The first-order valence-electron chi connectivity index (χ1n) is 9.67. The number of nitrogens with one attached hydrogen (secondary N) is 1. The molecule has 0 saturated carbocycles. The fourth-order valence-electron chi connectivity index (χ4n) is 3.97. The molecule has 1 N–H and O–H groups in total. The van der Waals surface area contributed by atoms with Gasteiger partial charge in [0.2, 0.25) is 0 Å². The van der Waals surface area contributed by atoms with Crippen LogP contribution in [-0.2, 0) is 9.84 Å². The molecule has 1 aromatic carbocycles. The summed E-state index contributed by atoms with van der Waals surface area (Å²) in [4.78, 5) is 4.68. The van der Waals surface area contributed by atoms with Crippen molar-refractivity contribution in [2.45, 2.75) is 40.2 Å². The minimum Gasteiger partial charge on any atom is -0.265 e. The van der Waals surface area contributed by atoms with Crippen LogP contribution in [0.15, 0.2) is 29.4 Å². The third kappa shape index (κ3) is 3.76. The van der Waals surface area contributed by atoms with Crippen molar-refractivity contribution in [2.24, 2.45) is 5.10 Å². The summed E-state index contributed by atoms with van der Waals surface area (Å²) in [6.07, 6.45) is 2.34. The van der Waals surface area contributed by atoms with E-state index in [2.05, 4.69) is 33.6 Å². The number of nitrogens with zero attached hydrogens (tertiary/aromatic N) is 4. The fraction of sp³-hybridized carbons (Fsp3) is 0.381. The number of sulfone groups is 1. The van der Waals surface area contributed by atoms with E-state index in [1.165, 1.54) is 0 Å². The van der Waals surface area contributed by atoms with Gasteiger partial charge in [-0.1, -0.05) is 18.2 Å². The summed E-state index contributed by atoms with van der Waals surface area (Å²) in [7, 11) is -2.96. The Kier molecular flexibility index (Phi) is 4.90. The zero-order chi connectivity index (χ0) is 20.8. The molecule has 29 heavy (non-hydrogen) atoms. The van der Waals surface area contributed by atoms with Crippen molar-refractivity contribution in [3.8, 4) is 0 Å². The molecular weight excluding hydrogens is 386 g/mol. The van der Waals surface area contributed by atoms with Gasteiger partial charge in [-0.3, -0.25) is 10.1 Å². The molecule has 0 amide bonds. The van der Waals surface area contributed by atoms with Crippen molar-refractivity contribution in [2.75, 3.05) is 16.9 Å². The van der Waals surface area contributed by atoms with E-state index in [-0.39, 0.29) is 17.5 Å². The highest BCUT2D eigenvalue weighted by Gasteiger charge is 2.31. The molecule has 0 spiro atoms. The first-order chi connectivity index (χ1) is 13.7. The molecule has 1 fully saturated rings.